The first-order valence-corrected chi connectivity index (χ1v) is 7.77. The molecule has 1 aliphatic carbocycles. The lowest BCUT2D eigenvalue weighted by Crippen LogP contribution is -2.31. The van der Waals surface area contributed by atoms with Crippen LogP contribution in [0.15, 0.2) is 0 Å². The van der Waals surface area contributed by atoms with Gasteiger partial charge in [-0.25, -0.2) is 0 Å². The van der Waals surface area contributed by atoms with Crippen molar-refractivity contribution in [3.63, 3.8) is 0 Å². The van der Waals surface area contributed by atoms with Gasteiger partial charge in [-0.1, -0.05) is 0 Å². The maximum absolute atomic E-state index is 12.8. The molecule has 0 unspecified atom stereocenters. The van der Waals surface area contributed by atoms with Gasteiger partial charge in [-0.2, -0.15) is 0 Å². The van der Waals surface area contributed by atoms with Crippen LogP contribution in [0.4, 0.5) is 0 Å². The number of amides is 1. The zero-order chi connectivity index (χ0) is 15.4. The summed E-state index contributed by atoms with van der Waals surface area (Å²) < 4.78 is 5.03. The van der Waals surface area contributed by atoms with Crippen LogP contribution in [0.1, 0.15) is 44.9 Å². The number of nitrogens with one attached hydrogen (secondary N) is 1. The Morgan fingerprint density at radius 2 is 2.04 bits per heavy atom. The number of ether oxygens (including phenoxy) is 1. The van der Waals surface area contributed by atoms with Gasteiger partial charge in [0.05, 0.1) is 12.5 Å². The number of hydrogen-bond acceptors (Lipinski definition) is 4. The molecule has 0 saturated carbocycles. The highest BCUT2D eigenvalue weighted by atomic mass is 35.5. The first kappa shape index (κ1) is 16.1. The van der Waals surface area contributed by atoms with Gasteiger partial charge in [-0.3, -0.25) is 14.4 Å². The number of likely N-dealkylation sites (tertiary alicyclic amines) is 1. The number of fused-ring (bicyclic) bond motifs is 2. The Labute approximate surface area is 140 Å². The molecule has 1 amide bonds. The van der Waals surface area contributed by atoms with Gasteiger partial charge in [-0.05, 0) is 25.3 Å². The van der Waals surface area contributed by atoms with E-state index >= 15 is 0 Å². The molecule has 2 saturated heterocycles. The number of halogens is 1. The number of cyclic esters (lactones) is 1. The molecule has 6 nitrogen and oxygen atoms in total. The van der Waals surface area contributed by atoms with Crippen molar-refractivity contribution in [3.05, 3.63) is 22.5 Å². The lowest BCUT2D eigenvalue weighted by Gasteiger charge is -2.17. The summed E-state index contributed by atoms with van der Waals surface area (Å²) in [6.07, 6.45) is 2.20. The number of nitrogens with zero attached hydrogens (tertiary/aromatic N) is 1. The average molecular weight is 339 g/mol. The Morgan fingerprint density at radius 1 is 1.26 bits per heavy atom. The summed E-state index contributed by atoms with van der Waals surface area (Å²) in [5.74, 6) is -0.255. The van der Waals surface area contributed by atoms with E-state index in [1.54, 1.807) is 4.90 Å². The molecule has 0 aromatic carbocycles. The van der Waals surface area contributed by atoms with Crippen LogP contribution in [-0.2, 0) is 16.0 Å². The fourth-order valence-corrected chi connectivity index (χ4v) is 3.92. The highest BCUT2D eigenvalue weighted by Crippen LogP contribution is 2.33. The monoisotopic (exact) mass is 338 g/mol. The summed E-state index contributed by atoms with van der Waals surface area (Å²) in [4.78, 5) is 41.3. The molecular weight excluding hydrogens is 320 g/mol. The Morgan fingerprint density at radius 3 is 2.74 bits per heavy atom. The molecule has 0 spiro atoms. The van der Waals surface area contributed by atoms with Gasteiger partial charge in [0.1, 0.15) is 5.69 Å². The number of H-pyrrole nitrogens is 1. The molecule has 0 radical (unpaired) electrons. The lowest BCUT2D eigenvalue weighted by molar-refractivity contribution is -0.141. The summed E-state index contributed by atoms with van der Waals surface area (Å²) in [5.41, 5.74) is 2.85. The molecule has 7 heteroatoms. The highest BCUT2D eigenvalue weighted by molar-refractivity contribution is 6.04. The van der Waals surface area contributed by atoms with Crippen molar-refractivity contribution in [2.75, 3.05) is 19.7 Å². The summed E-state index contributed by atoms with van der Waals surface area (Å²) in [5, 5.41) is 0. The third kappa shape index (κ3) is 2.36. The van der Waals surface area contributed by atoms with Crippen LogP contribution in [0.5, 0.6) is 0 Å². The maximum Gasteiger partial charge on any atom is 0.311 e. The topological polar surface area (TPSA) is 79.5 Å². The van der Waals surface area contributed by atoms with E-state index in [1.807, 2.05) is 6.92 Å². The van der Waals surface area contributed by atoms with Gasteiger partial charge >= 0.3 is 5.97 Å². The summed E-state index contributed by atoms with van der Waals surface area (Å²) in [6.45, 7) is 3.20. The molecule has 3 heterocycles. The zero-order valence-corrected chi connectivity index (χ0v) is 13.7. The van der Waals surface area contributed by atoms with E-state index in [2.05, 4.69) is 4.98 Å². The van der Waals surface area contributed by atoms with Crippen LogP contribution in [0, 0.1) is 18.8 Å². The number of aromatic amines is 1. The first-order valence-electron chi connectivity index (χ1n) is 7.77. The average Bonchev–Trinajstić information content (AvgIpc) is 3.15. The van der Waals surface area contributed by atoms with Gasteiger partial charge < -0.3 is 14.6 Å². The number of aromatic nitrogens is 1. The van der Waals surface area contributed by atoms with E-state index in [4.69, 9.17) is 4.74 Å². The highest BCUT2D eigenvalue weighted by Gasteiger charge is 2.46. The quantitative estimate of drug-likeness (QED) is 0.787. The van der Waals surface area contributed by atoms with Crippen LogP contribution in [-0.4, -0.2) is 47.2 Å². The van der Waals surface area contributed by atoms with Crippen molar-refractivity contribution < 1.29 is 19.1 Å². The molecule has 3 aliphatic rings. The summed E-state index contributed by atoms with van der Waals surface area (Å²) in [7, 11) is 0. The number of ketones is 1. The second-order valence-electron chi connectivity index (χ2n) is 6.46. The third-order valence-corrected chi connectivity index (χ3v) is 5.12. The number of esters is 1. The minimum Gasteiger partial charge on any atom is -0.465 e. The smallest absolute Gasteiger partial charge is 0.311 e. The van der Waals surface area contributed by atoms with Crippen LogP contribution in [0.2, 0.25) is 0 Å². The maximum atomic E-state index is 12.8. The minimum absolute atomic E-state index is 0. The fourth-order valence-electron chi connectivity index (χ4n) is 3.92. The van der Waals surface area contributed by atoms with E-state index in [1.165, 1.54) is 0 Å². The normalized spacial score (nSPS) is 25.7. The van der Waals surface area contributed by atoms with Gasteiger partial charge in [-0.15, -0.1) is 12.4 Å². The molecule has 2 atom stereocenters. The second-order valence-corrected chi connectivity index (χ2v) is 6.46. The predicted molar refractivity (Wildman–Crippen MR) is 83.9 cm³/mol. The van der Waals surface area contributed by atoms with Crippen LogP contribution in [0.3, 0.4) is 0 Å². The van der Waals surface area contributed by atoms with Gasteiger partial charge in [0.2, 0.25) is 0 Å². The van der Waals surface area contributed by atoms with E-state index in [0.717, 1.165) is 24.1 Å². The van der Waals surface area contributed by atoms with Crippen molar-refractivity contribution in [1.82, 2.24) is 9.88 Å². The van der Waals surface area contributed by atoms with E-state index in [9.17, 15) is 14.4 Å². The standard InChI is InChI=1S/C16H18N2O4.ClH/c1-8-13-11(3-2-4-12(13)19)17-14(8)15(20)18-5-9-7-22-16(21)10(9)6-18;/h9-10,17H,2-7H2,1H3;1H/t9-,10-;/m1./s1. The Kier molecular flexibility index (Phi) is 3.96. The number of hydrogen-bond donors (Lipinski definition) is 1. The molecule has 124 valence electrons. The molecule has 1 aromatic rings. The Hall–Kier alpha value is -1.82. The van der Waals surface area contributed by atoms with Crippen molar-refractivity contribution in [2.24, 2.45) is 11.8 Å². The largest absolute Gasteiger partial charge is 0.465 e. The predicted octanol–water partition coefficient (Wildman–Crippen LogP) is 1.51. The number of carbonyl (C=O) groups excluding carboxylic acids is 3. The number of rotatable bonds is 1. The van der Waals surface area contributed by atoms with Gasteiger partial charge in [0.15, 0.2) is 5.78 Å². The van der Waals surface area contributed by atoms with Crippen molar-refractivity contribution in [2.45, 2.75) is 26.2 Å². The molecular formula is C16H19ClN2O4. The third-order valence-electron chi connectivity index (χ3n) is 5.12. The Balaban J connectivity index is 0.00000156. The first-order chi connectivity index (χ1) is 10.6. The molecule has 4 rings (SSSR count). The van der Waals surface area contributed by atoms with Crippen LogP contribution in [0.25, 0.3) is 0 Å². The van der Waals surface area contributed by atoms with Crippen LogP contribution < -0.4 is 0 Å². The van der Waals surface area contributed by atoms with Crippen molar-refractivity contribution in [3.8, 4) is 0 Å². The van der Waals surface area contributed by atoms with Gasteiger partial charge in [0.25, 0.3) is 5.91 Å². The molecule has 2 aliphatic heterocycles. The Bertz CT molecular complexity index is 696. The molecule has 2 fully saturated rings. The fraction of sp³-hybridized carbons (Fsp3) is 0.562. The van der Waals surface area contributed by atoms with E-state index in [0.29, 0.717) is 37.4 Å². The lowest BCUT2D eigenvalue weighted by atomic mass is 9.94. The van der Waals surface area contributed by atoms with Gasteiger partial charge in [0, 0.05) is 36.7 Å². The molecule has 1 aromatic heterocycles. The summed E-state index contributed by atoms with van der Waals surface area (Å²) >= 11 is 0. The summed E-state index contributed by atoms with van der Waals surface area (Å²) in [6, 6.07) is 0. The number of Topliss-reactive ketones (excluding diaryl/α,β-unsaturated/α-hetero) is 1. The van der Waals surface area contributed by atoms with Crippen molar-refractivity contribution >= 4 is 30.1 Å². The second kappa shape index (κ2) is 5.67. The SMILES string of the molecule is Cc1c(C(=O)N2C[C@@H]3COC(=O)[C@@H]3C2)[nH]c2c1C(=O)CCC2.Cl. The van der Waals surface area contributed by atoms with Crippen molar-refractivity contribution in [1.29, 1.82) is 0 Å². The number of carbonyl (C=O) groups is 3. The minimum atomic E-state index is -0.196. The zero-order valence-electron chi connectivity index (χ0n) is 12.9. The van der Waals surface area contributed by atoms with E-state index < -0.39 is 0 Å². The molecule has 1 N–H and O–H groups in total. The van der Waals surface area contributed by atoms with Crippen LogP contribution >= 0.6 is 12.4 Å². The molecule has 0 bridgehead atoms. The molecule has 23 heavy (non-hydrogen) atoms. The number of aryl methyl sites for hydroxylation is 1. The van der Waals surface area contributed by atoms with E-state index in [-0.39, 0.29) is 41.9 Å².